The minimum Gasteiger partial charge on any atom is -0.346 e. The first-order chi connectivity index (χ1) is 8.95. The maximum atomic E-state index is 12.1. The first-order valence-electron chi connectivity index (χ1n) is 6.34. The molecule has 2 N–H and O–H groups in total. The number of imidazole rings is 1. The van der Waals surface area contributed by atoms with Crippen molar-refractivity contribution in [3.05, 3.63) is 52.1 Å². The molecule has 0 unspecified atom stereocenters. The van der Waals surface area contributed by atoms with Crippen LogP contribution < -0.4 is 5.32 Å². The lowest BCUT2D eigenvalue weighted by molar-refractivity contribution is 0.0950. The number of nitrogens with zero attached hydrogens (tertiary/aromatic N) is 1. The molecule has 0 aliphatic carbocycles. The number of amides is 1. The zero-order valence-electron chi connectivity index (χ0n) is 11.8. The summed E-state index contributed by atoms with van der Waals surface area (Å²) >= 11 is 0. The van der Waals surface area contributed by atoms with Crippen molar-refractivity contribution in [2.75, 3.05) is 0 Å². The molecule has 1 aromatic carbocycles. The van der Waals surface area contributed by atoms with Gasteiger partial charge in [-0.25, -0.2) is 4.98 Å². The van der Waals surface area contributed by atoms with Crippen molar-refractivity contribution in [2.45, 2.75) is 34.2 Å². The Kier molecular flexibility index (Phi) is 3.69. The van der Waals surface area contributed by atoms with Crippen LogP contribution in [0.5, 0.6) is 0 Å². The van der Waals surface area contributed by atoms with Gasteiger partial charge in [0.05, 0.1) is 12.2 Å². The van der Waals surface area contributed by atoms with Gasteiger partial charge in [-0.2, -0.15) is 0 Å². The van der Waals surface area contributed by atoms with E-state index in [0.29, 0.717) is 12.1 Å². The van der Waals surface area contributed by atoms with Crippen molar-refractivity contribution in [2.24, 2.45) is 0 Å². The molecule has 0 fully saturated rings. The number of rotatable bonds is 3. The van der Waals surface area contributed by atoms with Gasteiger partial charge in [0.1, 0.15) is 5.82 Å². The molecule has 19 heavy (non-hydrogen) atoms. The Morgan fingerprint density at radius 3 is 2.32 bits per heavy atom. The molecule has 4 nitrogen and oxygen atoms in total. The summed E-state index contributed by atoms with van der Waals surface area (Å²) in [5.41, 5.74) is 4.77. The molecule has 0 aliphatic rings. The molecule has 0 radical (unpaired) electrons. The zero-order valence-corrected chi connectivity index (χ0v) is 11.8. The van der Waals surface area contributed by atoms with Crippen LogP contribution in [0.15, 0.2) is 18.2 Å². The highest BCUT2D eigenvalue weighted by Crippen LogP contribution is 2.09. The summed E-state index contributed by atoms with van der Waals surface area (Å²) in [6.45, 7) is 8.29. The normalized spacial score (nSPS) is 10.5. The fourth-order valence-electron chi connectivity index (χ4n) is 2.20. The van der Waals surface area contributed by atoms with Crippen LogP contribution in [-0.2, 0) is 6.54 Å². The molecule has 0 spiro atoms. The van der Waals surface area contributed by atoms with Gasteiger partial charge in [0.15, 0.2) is 0 Å². The number of H-pyrrole nitrogens is 1. The van der Waals surface area contributed by atoms with Crippen LogP contribution in [0.1, 0.15) is 38.7 Å². The molecule has 0 bridgehead atoms. The molecule has 1 aromatic heterocycles. The minimum absolute atomic E-state index is 0.0631. The van der Waals surface area contributed by atoms with E-state index in [1.165, 1.54) is 0 Å². The Morgan fingerprint density at radius 2 is 1.79 bits per heavy atom. The third-order valence-corrected chi connectivity index (χ3v) is 3.00. The quantitative estimate of drug-likeness (QED) is 0.888. The second-order valence-corrected chi connectivity index (χ2v) is 4.95. The predicted molar refractivity (Wildman–Crippen MR) is 75.1 cm³/mol. The van der Waals surface area contributed by atoms with Crippen molar-refractivity contribution >= 4 is 5.91 Å². The topological polar surface area (TPSA) is 57.8 Å². The van der Waals surface area contributed by atoms with Gasteiger partial charge in [-0.1, -0.05) is 17.2 Å². The van der Waals surface area contributed by atoms with E-state index in [2.05, 4.69) is 21.4 Å². The van der Waals surface area contributed by atoms with Crippen molar-refractivity contribution in [3.63, 3.8) is 0 Å². The van der Waals surface area contributed by atoms with E-state index < -0.39 is 0 Å². The first-order valence-corrected chi connectivity index (χ1v) is 6.34. The third kappa shape index (κ3) is 3.22. The van der Waals surface area contributed by atoms with E-state index in [-0.39, 0.29) is 5.91 Å². The van der Waals surface area contributed by atoms with Crippen LogP contribution in [0.2, 0.25) is 0 Å². The van der Waals surface area contributed by atoms with Crippen molar-refractivity contribution < 1.29 is 4.79 Å². The molecular weight excluding hydrogens is 238 g/mol. The standard InChI is InChI=1S/C15H19N3O/c1-9-5-10(2)7-13(6-9)15(19)16-8-14-11(3)17-12(4)18-14/h5-7H,8H2,1-4H3,(H,16,19)(H,17,18). The molecular formula is C15H19N3O. The van der Waals surface area contributed by atoms with Gasteiger partial charge in [0.25, 0.3) is 5.91 Å². The average molecular weight is 257 g/mol. The van der Waals surface area contributed by atoms with Crippen LogP contribution in [-0.4, -0.2) is 15.9 Å². The Labute approximate surface area is 113 Å². The summed E-state index contributed by atoms with van der Waals surface area (Å²) < 4.78 is 0. The molecule has 1 heterocycles. The summed E-state index contributed by atoms with van der Waals surface area (Å²) in [7, 11) is 0. The molecule has 0 atom stereocenters. The molecule has 0 saturated heterocycles. The van der Waals surface area contributed by atoms with Crippen LogP contribution >= 0.6 is 0 Å². The molecule has 2 aromatic rings. The number of benzene rings is 1. The van der Waals surface area contributed by atoms with E-state index in [0.717, 1.165) is 28.3 Å². The SMILES string of the molecule is Cc1cc(C)cc(C(=O)NCc2nc(C)[nH]c2C)c1. The number of aryl methyl sites for hydroxylation is 4. The van der Waals surface area contributed by atoms with Crippen LogP contribution in [0.4, 0.5) is 0 Å². The summed E-state index contributed by atoms with van der Waals surface area (Å²) in [6.07, 6.45) is 0. The van der Waals surface area contributed by atoms with E-state index in [1.807, 2.05) is 39.8 Å². The van der Waals surface area contributed by atoms with Crippen molar-refractivity contribution in [1.29, 1.82) is 0 Å². The van der Waals surface area contributed by atoms with Crippen LogP contribution in [0, 0.1) is 27.7 Å². The summed E-state index contributed by atoms with van der Waals surface area (Å²) in [6, 6.07) is 5.84. The molecule has 2 rings (SSSR count). The molecule has 1 amide bonds. The van der Waals surface area contributed by atoms with Gasteiger partial charge in [0, 0.05) is 11.3 Å². The molecule has 4 heteroatoms. The van der Waals surface area contributed by atoms with Gasteiger partial charge in [-0.3, -0.25) is 4.79 Å². The second-order valence-electron chi connectivity index (χ2n) is 4.95. The highest BCUT2D eigenvalue weighted by molar-refractivity contribution is 5.94. The van der Waals surface area contributed by atoms with E-state index >= 15 is 0 Å². The summed E-state index contributed by atoms with van der Waals surface area (Å²) in [5, 5.41) is 2.90. The largest absolute Gasteiger partial charge is 0.346 e. The van der Waals surface area contributed by atoms with Gasteiger partial charge in [-0.15, -0.1) is 0 Å². The van der Waals surface area contributed by atoms with E-state index in [9.17, 15) is 4.79 Å². The number of aromatic nitrogens is 2. The fraction of sp³-hybridized carbons (Fsp3) is 0.333. The van der Waals surface area contributed by atoms with Gasteiger partial charge < -0.3 is 10.3 Å². The van der Waals surface area contributed by atoms with Crippen molar-refractivity contribution in [3.8, 4) is 0 Å². The summed E-state index contributed by atoms with van der Waals surface area (Å²) in [4.78, 5) is 19.6. The maximum absolute atomic E-state index is 12.1. The Bertz CT molecular complexity index is 594. The molecule has 100 valence electrons. The lowest BCUT2D eigenvalue weighted by Crippen LogP contribution is -2.23. The number of hydrogen-bond acceptors (Lipinski definition) is 2. The maximum Gasteiger partial charge on any atom is 0.251 e. The van der Waals surface area contributed by atoms with Crippen molar-refractivity contribution in [1.82, 2.24) is 15.3 Å². The number of carbonyl (C=O) groups is 1. The van der Waals surface area contributed by atoms with Crippen LogP contribution in [0.25, 0.3) is 0 Å². The molecule has 0 saturated carbocycles. The lowest BCUT2D eigenvalue weighted by Gasteiger charge is -2.06. The monoisotopic (exact) mass is 257 g/mol. The fourth-order valence-corrected chi connectivity index (χ4v) is 2.20. The second kappa shape index (κ2) is 5.26. The van der Waals surface area contributed by atoms with Gasteiger partial charge >= 0.3 is 0 Å². The highest BCUT2D eigenvalue weighted by Gasteiger charge is 2.09. The van der Waals surface area contributed by atoms with E-state index in [4.69, 9.17) is 0 Å². The Hall–Kier alpha value is -2.10. The molecule has 0 aliphatic heterocycles. The zero-order chi connectivity index (χ0) is 14.0. The Balaban J connectivity index is 2.07. The van der Waals surface area contributed by atoms with Gasteiger partial charge in [0.2, 0.25) is 0 Å². The smallest absolute Gasteiger partial charge is 0.251 e. The first kappa shape index (κ1) is 13.3. The predicted octanol–water partition coefficient (Wildman–Crippen LogP) is 2.57. The lowest BCUT2D eigenvalue weighted by atomic mass is 10.1. The highest BCUT2D eigenvalue weighted by atomic mass is 16.1. The number of hydrogen-bond donors (Lipinski definition) is 2. The van der Waals surface area contributed by atoms with Crippen LogP contribution in [0.3, 0.4) is 0 Å². The Morgan fingerprint density at radius 1 is 1.16 bits per heavy atom. The van der Waals surface area contributed by atoms with Gasteiger partial charge in [-0.05, 0) is 39.8 Å². The minimum atomic E-state index is -0.0631. The number of nitrogens with one attached hydrogen (secondary N) is 2. The summed E-state index contributed by atoms with van der Waals surface area (Å²) in [5.74, 6) is 0.806. The van der Waals surface area contributed by atoms with E-state index in [1.54, 1.807) is 0 Å². The average Bonchev–Trinajstić information content (AvgIpc) is 2.63. The number of carbonyl (C=O) groups excluding carboxylic acids is 1. The number of aromatic amines is 1. The third-order valence-electron chi connectivity index (χ3n) is 3.00.